The van der Waals surface area contributed by atoms with Crippen molar-refractivity contribution in [3.8, 4) is 5.75 Å². The van der Waals surface area contributed by atoms with Crippen molar-refractivity contribution in [2.75, 3.05) is 5.73 Å². The second-order valence-electron chi connectivity index (χ2n) is 5.55. The Kier molecular flexibility index (Phi) is 3.08. The van der Waals surface area contributed by atoms with E-state index in [1.54, 1.807) is 0 Å². The van der Waals surface area contributed by atoms with Crippen LogP contribution in [0.4, 0.5) is 5.69 Å². The minimum atomic E-state index is 0.386. The van der Waals surface area contributed by atoms with Gasteiger partial charge in [0, 0.05) is 5.69 Å². The van der Waals surface area contributed by atoms with E-state index < -0.39 is 0 Å². The Morgan fingerprint density at radius 3 is 2.25 bits per heavy atom. The molecule has 1 aromatic carbocycles. The molecule has 2 rings (SSSR count). The molecule has 0 aromatic heterocycles. The van der Waals surface area contributed by atoms with Crippen molar-refractivity contribution in [2.45, 2.75) is 45.6 Å². The highest BCUT2D eigenvalue weighted by atomic mass is 16.5. The summed E-state index contributed by atoms with van der Waals surface area (Å²) >= 11 is 0. The average Bonchev–Trinajstić information content (AvgIpc) is 2.24. The Bertz CT molecular complexity index is 332. The summed E-state index contributed by atoms with van der Waals surface area (Å²) < 4.78 is 5.95. The van der Waals surface area contributed by atoms with Crippen LogP contribution in [0.15, 0.2) is 24.3 Å². The van der Waals surface area contributed by atoms with Crippen molar-refractivity contribution < 1.29 is 4.74 Å². The third-order valence-electron chi connectivity index (χ3n) is 3.47. The van der Waals surface area contributed by atoms with E-state index in [1.807, 2.05) is 24.3 Å². The van der Waals surface area contributed by atoms with Gasteiger partial charge in [0.15, 0.2) is 0 Å². The van der Waals surface area contributed by atoms with E-state index in [4.69, 9.17) is 10.5 Å². The molecule has 0 amide bonds. The molecular weight excluding hydrogens is 198 g/mol. The largest absolute Gasteiger partial charge is 0.490 e. The summed E-state index contributed by atoms with van der Waals surface area (Å²) in [7, 11) is 0. The first kappa shape index (κ1) is 11.3. The van der Waals surface area contributed by atoms with Crippen LogP contribution in [0.25, 0.3) is 0 Å². The Labute approximate surface area is 97.8 Å². The molecule has 2 nitrogen and oxygen atoms in total. The number of hydrogen-bond donors (Lipinski definition) is 1. The lowest BCUT2D eigenvalue weighted by atomic mass is 9.76. The smallest absolute Gasteiger partial charge is 0.119 e. The van der Waals surface area contributed by atoms with E-state index in [9.17, 15) is 0 Å². The molecule has 1 saturated carbocycles. The molecule has 0 saturated heterocycles. The number of anilines is 1. The molecule has 2 heteroatoms. The number of benzene rings is 1. The lowest BCUT2D eigenvalue weighted by Gasteiger charge is -2.34. The molecule has 0 atom stereocenters. The number of nitrogens with two attached hydrogens (primary N) is 1. The molecule has 0 heterocycles. The van der Waals surface area contributed by atoms with Crippen LogP contribution in [0, 0.1) is 5.41 Å². The summed E-state index contributed by atoms with van der Waals surface area (Å²) in [6, 6.07) is 7.69. The lowest BCUT2D eigenvalue weighted by molar-refractivity contribution is 0.0988. The molecule has 1 aliphatic carbocycles. The average molecular weight is 219 g/mol. The van der Waals surface area contributed by atoms with Crippen LogP contribution >= 0.6 is 0 Å². The first-order chi connectivity index (χ1) is 7.55. The van der Waals surface area contributed by atoms with Crippen LogP contribution in [-0.4, -0.2) is 6.10 Å². The Hall–Kier alpha value is -1.18. The Balaban J connectivity index is 1.89. The summed E-state index contributed by atoms with van der Waals surface area (Å²) in [5, 5.41) is 0. The van der Waals surface area contributed by atoms with Crippen LogP contribution in [0.3, 0.4) is 0 Å². The molecule has 1 fully saturated rings. The summed E-state index contributed by atoms with van der Waals surface area (Å²) in [5.41, 5.74) is 6.93. The van der Waals surface area contributed by atoms with E-state index >= 15 is 0 Å². The van der Waals surface area contributed by atoms with E-state index in [0.29, 0.717) is 11.5 Å². The van der Waals surface area contributed by atoms with E-state index in [1.165, 1.54) is 12.8 Å². The maximum atomic E-state index is 5.95. The van der Waals surface area contributed by atoms with E-state index in [0.717, 1.165) is 24.3 Å². The molecular formula is C14H21NO. The van der Waals surface area contributed by atoms with Gasteiger partial charge >= 0.3 is 0 Å². The van der Waals surface area contributed by atoms with Crippen molar-refractivity contribution in [2.24, 2.45) is 5.41 Å². The summed E-state index contributed by atoms with van der Waals surface area (Å²) in [4.78, 5) is 0. The third-order valence-corrected chi connectivity index (χ3v) is 3.47. The van der Waals surface area contributed by atoms with Crippen molar-refractivity contribution in [1.82, 2.24) is 0 Å². The molecule has 0 unspecified atom stereocenters. The second kappa shape index (κ2) is 4.36. The molecule has 1 aliphatic rings. The zero-order valence-electron chi connectivity index (χ0n) is 10.2. The second-order valence-corrected chi connectivity index (χ2v) is 5.55. The quantitative estimate of drug-likeness (QED) is 0.771. The van der Waals surface area contributed by atoms with Gasteiger partial charge in [-0.1, -0.05) is 13.8 Å². The van der Waals surface area contributed by atoms with Crippen LogP contribution in [0.2, 0.25) is 0 Å². The van der Waals surface area contributed by atoms with Gasteiger partial charge in [-0.25, -0.2) is 0 Å². The fourth-order valence-electron chi connectivity index (χ4n) is 2.23. The lowest BCUT2D eigenvalue weighted by Crippen LogP contribution is -2.28. The first-order valence-electron chi connectivity index (χ1n) is 6.07. The standard InChI is InChI=1S/C14H21NO/c1-14(2)9-7-13(8-10-14)16-12-5-3-11(15)4-6-12/h3-6,13H,7-10,15H2,1-2H3. The molecule has 0 spiro atoms. The number of nitrogen functional groups attached to an aromatic ring is 1. The van der Waals surface area contributed by atoms with Crippen LogP contribution < -0.4 is 10.5 Å². The number of hydrogen-bond acceptors (Lipinski definition) is 2. The SMILES string of the molecule is CC1(C)CCC(Oc2ccc(N)cc2)CC1. The predicted molar refractivity (Wildman–Crippen MR) is 67.5 cm³/mol. The van der Waals surface area contributed by atoms with Gasteiger partial charge in [-0.2, -0.15) is 0 Å². The highest BCUT2D eigenvalue weighted by Crippen LogP contribution is 2.36. The van der Waals surface area contributed by atoms with Crippen LogP contribution in [0.1, 0.15) is 39.5 Å². The fraction of sp³-hybridized carbons (Fsp3) is 0.571. The molecule has 0 radical (unpaired) electrons. The van der Waals surface area contributed by atoms with Crippen LogP contribution in [-0.2, 0) is 0 Å². The van der Waals surface area contributed by atoms with Crippen molar-refractivity contribution in [1.29, 1.82) is 0 Å². The summed E-state index contributed by atoms with van der Waals surface area (Å²) in [6.07, 6.45) is 5.23. The zero-order chi connectivity index (χ0) is 11.6. The monoisotopic (exact) mass is 219 g/mol. The Morgan fingerprint density at radius 2 is 1.69 bits per heavy atom. The maximum Gasteiger partial charge on any atom is 0.119 e. The van der Waals surface area contributed by atoms with Gasteiger partial charge in [-0.15, -0.1) is 0 Å². The highest BCUT2D eigenvalue weighted by molar-refractivity contribution is 5.41. The third kappa shape index (κ3) is 2.91. The van der Waals surface area contributed by atoms with Gasteiger partial charge in [-0.3, -0.25) is 0 Å². The van der Waals surface area contributed by atoms with Gasteiger partial charge < -0.3 is 10.5 Å². The normalized spacial score (nSPS) is 20.6. The van der Waals surface area contributed by atoms with Gasteiger partial charge in [0.1, 0.15) is 5.75 Å². The van der Waals surface area contributed by atoms with Crippen LogP contribution in [0.5, 0.6) is 5.75 Å². The molecule has 16 heavy (non-hydrogen) atoms. The van der Waals surface area contributed by atoms with Crippen molar-refractivity contribution in [3.63, 3.8) is 0 Å². The van der Waals surface area contributed by atoms with Gasteiger partial charge in [0.2, 0.25) is 0 Å². The van der Waals surface area contributed by atoms with Gasteiger partial charge in [0.25, 0.3) is 0 Å². The molecule has 88 valence electrons. The fourth-order valence-corrected chi connectivity index (χ4v) is 2.23. The number of rotatable bonds is 2. The predicted octanol–water partition coefficient (Wildman–Crippen LogP) is 3.62. The molecule has 2 N–H and O–H groups in total. The molecule has 0 aliphatic heterocycles. The minimum Gasteiger partial charge on any atom is -0.490 e. The minimum absolute atomic E-state index is 0.386. The molecule has 1 aromatic rings. The van der Waals surface area contributed by atoms with E-state index in [2.05, 4.69) is 13.8 Å². The van der Waals surface area contributed by atoms with Gasteiger partial charge in [0.05, 0.1) is 6.10 Å². The van der Waals surface area contributed by atoms with Gasteiger partial charge in [-0.05, 0) is 55.4 Å². The van der Waals surface area contributed by atoms with Crippen molar-refractivity contribution in [3.05, 3.63) is 24.3 Å². The maximum absolute atomic E-state index is 5.95. The summed E-state index contributed by atoms with van der Waals surface area (Å²) in [6.45, 7) is 4.68. The number of ether oxygens (including phenoxy) is 1. The van der Waals surface area contributed by atoms with Crippen molar-refractivity contribution >= 4 is 5.69 Å². The highest BCUT2D eigenvalue weighted by Gasteiger charge is 2.27. The Morgan fingerprint density at radius 1 is 1.12 bits per heavy atom. The first-order valence-corrected chi connectivity index (χ1v) is 6.07. The van der Waals surface area contributed by atoms with E-state index in [-0.39, 0.29) is 0 Å². The summed E-state index contributed by atoms with van der Waals surface area (Å²) in [5.74, 6) is 0.943. The zero-order valence-corrected chi connectivity index (χ0v) is 10.2. The molecule has 0 bridgehead atoms. The topological polar surface area (TPSA) is 35.2 Å².